The SMILES string of the molecule is C[C@H]1CN(c2ccn3ncc(C(=O)Nc4cn([C@H]5CC[C@H](CN6CCC(OCCCc7cccc8c7n(C)c(=O)n8C7CCC(=O)NC7=O)CC6)CC5)nc4C(F)F)c3n2)C[C@H](C)O1. The first-order valence-corrected chi connectivity index (χ1v) is 22.7. The lowest BCUT2D eigenvalue weighted by Gasteiger charge is -2.36. The first kappa shape index (κ1) is 43.7. The van der Waals surface area contributed by atoms with Crippen molar-refractivity contribution in [3.05, 3.63) is 70.2 Å². The van der Waals surface area contributed by atoms with Crippen molar-refractivity contribution >= 4 is 45.9 Å². The maximum atomic E-state index is 14.3. The van der Waals surface area contributed by atoms with Crippen LogP contribution in [0.1, 0.15) is 112 Å². The Labute approximate surface area is 369 Å². The molecule has 3 saturated heterocycles. The largest absolute Gasteiger partial charge is 0.378 e. The number of imidazole rings is 1. The molecule has 1 unspecified atom stereocenters. The number of amides is 3. The zero-order valence-corrected chi connectivity index (χ0v) is 36.6. The molecule has 4 fully saturated rings. The number of imide groups is 1. The number of likely N-dealkylation sites (tertiary alicyclic amines) is 1. The van der Waals surface area contributed by atoms with Gasteiger partial charge in [-0.15, -0.1) is 0 Å². The zero-order valence-electron chi connectivity index (χ0n) is 36.6. The number of ether oxygens (including phenoxy) is 2. The van der Waals surface area contributed by atoms with Gasteiger partial charge in [0.05, 0.1) is 47.3 Å². The summed E-state index contributed by atoms with van der Waals surface area (Å²) in [7, 11) is 1.72. The van der Waals surface area contributed by atoms with Crippen molar-refractivity contribution in [3.63, 3.8) is 0 Å². The fraction of sp³-hybridized carbons (Fsp3) is 0.578. The number of nitrogens with zero attached hydrogens (tertiary/aromatic N) is 9. The van der Waals surface area contributed by atoms with Crippen molar-refractivity contribution in [2.45, 2.75) is 115 Å². The quantitative estimate of drug-likeness (QED) is 0.117. The van der Waals surface area contributed by atoms with E-state index in [1.54, 1.807) is 28.7 Å². The van der Waals surface area contributed by atoms with Crippen molar-refractivity contribution in [1.82, 2.24) is 43.7 Å². The molecule has 1 aliphatic carbocycles. The molecule has 342 valence electrons. The van der Waals surface area contributed by atoms with Crippen LogP contribution in [0.15, 0.2) is 47.7 Å². The molecule has 5 aromatic rings. The van der Waals surface area contributed by atoms with Crippen LogP contribution in [0.5, 0.6) is 0 Å². The zero-order chi connectivity index (χ0) is 44.6. The highest BCUT2D eigenvalue weighted by Gasteiger charge is 2.33. The van der Waals surface area contributed by atoms with Crippen LogP contribution in [-0.4, -0.2) is 114 Å². The maximum Gasteiger partial charge on any atom is 0.329 e. The van der Waals surface area contributed by atoms with E-state index in [2.05, 4.69) is 30.6 Å². The number of benzene rings is 1. The average Bonchev–Trinajstić information content (AvgIpc) is 3.97. The van der Waals surface area contributed by atoms with Gasteiger partial charge in [-0.25, -0.2) is 23.1 Å². The van der Waals surface area contributed by atoms with Gasteiger partial charge in [-0.05, 0) is 95.2 Å². The van der Waals surface area contributed by atoms with Crippen molar-refractivity contribution in [2.24, 2.45) is 13.0 Å². The number of hydrogen-bond acceptors (Lipinski definition) is 11. The van der Waals surface area contributed by atoms with Crippen molar-refractivity contribution in [3.8, 4) is 0 Å². The summed E-state index contributed by atoms with van der Waals surface area (Å²) in [6, 6.07) is 6.87. The summed E-state index contributed by atoms with van der Waals surface area (Å²) in [6.45, 7) is 8.81. The van der Waals surface area contributed by atoms with Crippen LogP contribution in [0.4, 0.5) is 20.3 Å². The molecule has 0 bridgehead atoms. The maximum absolute atomic E-state index is 14.3. The van der Waals surface area contributed by atoms with Gasteiger partial charge in [0.1, 0.15) is 17.4 Å². The van der Waals surface area contributed by atoms with Gasteiger partial charge in [0.2, 0.25) is 11.8 Å². The average molecular weight is 886 g/mol. The van der Waals surface area contributed by atoms with Crippen molar-refractivity contribution < 1.29 is 32.6 Å². The van der Waals surface area contributed by atoms with E-state index in [-0.39, 0.29) is 53.6 Å². The number of aromatic nitrogens is 7. The Morgan fingerprint density at radius 1 is 1.02 bits per heavy atom. The molecule has 4 aliphatic rings. The number of rotatable bonds is 13. The van der Waals surface area contributed by atoms with E-state index >= 15 is 0 Å². The molecule has 9 rings (SSSR count). The predicted molar refractivity (Wildman–Crippen MR) is 234 cm³/mol. The second-order valence-electron chi connectivity index (χ2n) is 18.0. The Morgan fingerprint density at radius 2 is 1.78 bits per heavy atom. The third-order valence-electron chi connectivity index (χ3n) is 13.5. The Hall–Kier alpha value is -5.53. The summed E-state index contributed by atoms with van der Waals surface area (Å²) in [5.41, 5.74) is 2.30. The summed E-state index contributed by atoms with van der Waals surface area (Å²) in [5.74, 6) is -0.147. The number of para-hydroxylation sites is 1. The van der Waals surface area contributed by atoms with Gasteiger partial charge in [-0.1, -0.05) is 12.1 Å². The molecule has 3 aliphatic heterocycles. The summed E-state index contributed by atoms with van der Waals surface area (Å²) >= 11 is 0. The van der Waals surface area contributed by atoms with Crippen LogP contribution in [0.25, 0.3) is 16.7 Å². The van der Waals surface area contributed by atoms with Gasteiger partial charge in [0.15, 0.2) is 11.3 Å². The first-order valence-electron chi connectivity index (χ1n) is 22.7. The highest BCUT2D eigenvalue weighted by atomic mass is 19.3. The number of fused-ring (bicyclic) bond motifs is 2. The minimum Gasteiger partial charge on any atom is -0.378 e. The molecule has 64 heavy (non-hydrogen) atoms. The van der Waals surface area contributed by atoms with Gasteiger partial charge >= 0.3 is 5.69 Å². The standard InChI is InChI=1S/C45H57F2N11O6/c1-27-23-55(24-28(2)64-27)37-17-20-56-42(50-37)33(22-48-56)43(60)49-34-26-57(52-39(34)41(46)47)31-11-9-29(10-12-31)25-54-18-15-32(16-19-54)63-21-5-7-30-6-4-8-35-40(30)53(3)45(62)58(35)36-13-14-38(59)51-44(36)61/h4,6,8,17,20,22,26-29,31-32,36,41H,5,7,9-16,18-19,21,23-25H2,1-3H3,(H,49,60)(H,51,59,61)/t27-,28-,29-,31-,36?/m0/s1. The Kier molecular flexibility index (Phi) is 12.6. The third kappa shape index (κ3) is 9.06. The lowest BCUT2D eigenvalue weighted by atomic mass is 9.85. The van der Waals surface area contributed by atoms with Crippen LogP contribution in [-0.2, 0) is 32.5 Å². The van der Waals surface area contributed by atoms with Crippen molar-refractivity contribution in [1.29, 1.82) is 0 Å². The van der Waals surface area contributed by atoms with E-state index in [9.17, 15) is 28.0 Å². The van der Waals surface area contributed by atoms with Crippen molar-refractivity contribution in [2.75, 3.05) is 49.5 Å². The lowest BCUT2D eigenvalue weighted by Crippen LogP contribution is -2.45. The predicted octanol–water partition coefficient (Wildman–Crippen LogP) is 5.21. The highest BCUT2D eigenvalue weighted by molar-refractivity contribution is 6.08. The molecule has 19 heteroatoms. The van der Waals surface area contributed by atoms with Crippen LogP contribution in [0, 0.1) is 5.92 Å². The molecule has 0 spiro atoms. The fourth-order valence-corrected chi connectivity index (χ4v) is 10.3. The van der Waals surface area contributed by atoms with E-state index in [0.29, 0.717) is 49.0 Å². The highest BCUT2D eigenvalue weighted by Crippen LogP contribution is 2.36. The smallest absolute Gasteiger partial charge is 0.329 e. The number of piperidine rings is 2. The number of alkyl halides is 2. The summed E-state index contributed by atoms with van der Waals surface area (Å²) in [4.78, 5) is 60.6. The van der Waals surface area contributed by atoms with E-state index in [4.69, 9.17) is 14.5 Å². The second-order valence-corrected chi connectivity index (χ2v) is 18.0. The summed E-state index contributed by atoms with van der Waals surface area (Å²) < 4.78 is 47.1. The summed E-state index contributed by atoms with van der Waals surface area (Å²) in [5, 5.41) is 13.6. The van der Waals surface area contributed by atoms with Crippen LogP contribution >= 0.6 is 0 Å². The van der Waals surface area contributed by atoms with E-state index in [1.807, 2.05) is 38.1 Å². The van der Waals surface area contributed by atoms with Gasteiger partial charge < -0.3 is 24.6 Å². The number of carbonyl (C=O) groups is 3. The minimum absolute atomic E-state index is 0.00964. The number of aryl methyl sites for hydroxylation is 2. The molecule has 1 aromatic carbocycles. The molecule has 2 N–H and O–H groups in total. The molecule has 0 radical (unpaired) electrons. The molecular weight excluding hydrogens is 829 g/mol. The molecular formula is C45H57F2N11O6. The molecule has 3 atom stereocenters. The lowest BCUT2D eigenvalue weighted by molar-refractivity contribution is -0.135. The Morgan fingerprint density at radius 3 is 2.52 bits per heavy atom. The topological polar surface area (TPSA) is 175 Å². The number of hydrogen-bond donors (Lipinski definition) is 2. The van der Waals surface area contributed by atoms with E-state index < -0.39 is 30.0 Å². The van der Waals surface area contributed by atoms with Crippen LogP contribution in [0.3, 0.4) is 0 Å². The molecule has 1 saturated carbocycles. The van der Waals surface area contributed by atoms with Gasteiger partial charge in [-0.2, -0.15) is 10.2 Å². The number of nitrogens with one attached hydrogen (secondary N) is 2. The second kappa shape index (κ2) is 18.5. The van der Waals surface area contributed by atoms with Crippen LogP contribution < -0.4 is 21.2 Å². The number of halogens is 2. The normalized spacial score (nSPS) is 24.0. The number of carbonyl (C=O) groups excluding carboxylic acids is 3. The Balaban J connectivity index is 0.732. The van der Waals surface area contributed by atoms with Gasteiger partial charge in [-0.3, -0.25) is 33.5 Å². The molecule has 7 heterocycles. The Bertz CT molecular complexity index is 2560. The van der Waals surface area contributed by atoms with Crippen LogP contribution in [0.2, 0.25) is 0 Å². The van der Waals surface area contributed by atoms with E-state index in [1.165, 1.54) is 15.3 Å². The number of morpholine rings is 1. The first-order chi connectivity index (χ1) is 30.9. The fourth-order valence-electron chi connectivity index (χ4n) is 10.3. The minimum atomic E-state index is -2.86. The monoisotopic (exact) mass is 885 g/mol. The number of anilines is 2. The molecule has 3 amide bonds. The molecule has 4 aromatic heterocycles. The molecule has 17 nitrogen and oxygen atoms in total. The summed E-state index contributed by atoms with van der Waals surface area (Å²) in [6.07, 6.45) is 9.50. The van der Waals surface area contributed by atoms with Gasteiger partial charge in [0, 0.05) is 65.2 Å². The third-order valence-corrected chi connectivity index (χ3v) is 13.5. The van der Waals surface area contributed by atoms with Gasteiger partial charge in [0.25, 0.3) is 12.3 Å². The van der Waals surface area contributed by atoms with E-state index in [0.717, 1.165) is 82.1 Å².